The van der Waals surface area contributed by atoms with Crippen LogP contribution in [-0.2, 0) is 25.6 Å². The zero-order valence-corrected chi connectivity index (χ0v) is 19.7. The Morgan fingerprint density at radius 3 is 2.06 bits per heavy atom. The fourth-order valence-electron chi connectivity index (χ4n) is 2.83. The molecule has 7 N–H and O–H groups in total. The lowest BCUT2D eigenvalue weighted by atomic mass is 10.0. The molecule has 12 heteroatoms. The van der Waals surface area contributed by atoms with Gasteiger partial charge in [0.1, 0.15) is 18.1 Å². The third kappa shape index (κ3) is 8.87. The van der Waals surface area contributed by atoms with Gasteiger partial charge in [0.2, 0.25) is 17.7 Å². The molecule has 1 aromatic heterocycles. The predicted molar refractivity (Wildman–Crippen MR) is 122 cm³/mol. The molecule has 1 rings (SSSR count). The number of hydrogen-bond acceptors (Lipinski definition) is 7. The number of nitrogens with zero attached hydrogens (tertiary/aromatic N) is 1. The van der Waals surface area contributed by atoms with Gasteiger partial charge in [-0.2, -0.15) is 12.6 Å². The lowest BCUT2D eigenvalue weighted by Gasteiger charge is -2.25. The van der Waals surface area contributed by atoms with Crippen LogP contribution in [0.5, 0.6) is 0 Å². The topological polar surface area (TPSA) is 179 Å². The van der Waals surface area contributed by atoms with E-state index in [0.29, 0.717) is 5.69 Å². The Bertz CT molecular complexity index is 771. The van der Waals surface area contributed by atoms with Gasteiger partial charge in [-0.25, -0.2) is 9.78 Å². The van der Waals surface area contributed by atoms with Crippen molar-refractivity contribution in [3.8, 4) is 0 Å². The van der Waals surface area contributed by atoms with Crippen molar-refractivity contribution < 1.29 is 24.3 Å². The van der Waals surface area contributed by atoms with Crippen molar-refractivity contribution in [2.24, 2.45) is 17.6 Å². The van der Waals surface area contributed by atoms with Gasteiger partial charge in [0.25, 0.3) is 0 Å². The number of aromatic nitrogens is 2. The molecule has 1 heterocycles. The van der Waals surface area contributed by atoms with Crippen LogP contribution in [0, 0.1) is 11.8 Å². The van der Waals surface area contributed by atoms with E-state index in [2.05, 4.69) is 38.5 Å². The van der Waals surface area contributed by atoms with Crippen molar-refractivity contribution >= 4 is 36.3 Å². The number of nitrogens with two attached hydrogens (primary N) is 1. The summed E-state index contributed by atoms with van der Waals surface area (Å²) in [4.78, 5) is 56.2. The SMILES string of the molecule is CC(C)CC(NC(=O)C(CS)NC(=O)C(Cc1cnc[nH]1)NC(=O)C(N)C(C)C)C(=O)O. The highest BCUT2D eigenvalue weighted by atomic mass is 32.1. The van der Waals surface area contributed by atoms with E-state index in [4.69, 9.17) is 5.73 Å². The molecule has 1 aromatic rings. The molecule has 0 fully saturated rings. The molecule has 0 spiro atoms. The number of H-pyrrole nitrogens is 1. The van der Waals surface area contributed by atoms with Crippen LogP contribution in [-0.4, -0.2) is 68.7 Å². The van der Waals surface area contributed by atoms with Crippen molar-refractivity contribution in [2.45, 2.75) is 64.7 Å². The summed E-state index contributed by atoms with van der Waals surface area (Å²) in [6.45, 7) is 7.24. The molecule has 0 aliphatic heterocycles. The number of aromatic amines is 1. The fraction of sp³-hybridized carbons (Fsp3) is 0.650. The predicted octanol–water partition coefficient (Wildman–Crippen LogP) is -0.550. The lowest BCUT2D eigenvalue weighted by molar-refractivity contribution is -0.142. The number of aliphatic carboxylic acids is 1. The Hall–Kier alpha value is -2.60. The minimum absolute atomic E-state index is 0.0413. The summed E-state index contributed by atoms with van der Waals surface area (Å²) < 4.78 is 0. The number of amides is 3. The summed E-state index contributed by atoms with van der Waals surface area (Å²) >= 11 is 4.11. The first-order chi connectivity index (χ1) is 15.0. The van der Waals surface area contributed by atoms with Crippen LogP contribution in [0.3, 0.4) is 0 Å². The van der Waals surface area contributed by atoms with E-state index < -0.39 is 47.9 Å². The molecule has 0 saturated heterocycles. The van der Waals surface area contributed by atoms with Crippen molar-refractivity contribution in [1.29, 1.82) is 0 Å². The Morgan fingerprint density at radius 2 is 1.59 bits per heavy atom. The molecule has 4 unspecified atom stereocenters. The number of carbonyl (C=O) groups is 4. The number of hydrogen-bond donors (Lipinski definition) is 7. The third-order valence-corrected chi connectivity index (χ3v) is 5.14. The van der Waals surface area contributed by atoms with Crippen LogP contribution in [0.25, 0.3) is 0 Å². The molecule has 3 amide bonds. The minimum Gasteiger partial charge on any atom is -0.480 e. The number of thiol groups is 1. The van der Waals surface area contributed by atoms with Crippen LogP contribution in [0.1, 0.15) is 39.8 Å². The third-order valence-electron chi connectivity index (χ3n) is 4.77. The molecule has 0 aliphatic rings. The molecule has 0 saturated carbocycles. The Kier molecular flexibility index (Phi) is 11.2. The van der Waals surface area contributed by atoms with Gasteiger partial charge in [0, 0.05) is 24.1 Å². The highest BCUT2D eigenvalue weighted by Crippen LogP contribution is 2.07. The maximum absolute atomic E-state index is 12.9. The molecular formula is C20H34N6O5S. The monoisotopic (exact) mass is 470 g/mol. The van der Waals surface area contributed by atoms with Gasteiger partial charge >= 0.3 is 5.97 Å². The standard InChI is InChI=1S/C20H34N6O5S/c1-10(2)5-14(20(30)31)25-18(28)15(8-32)26-17(27)13(6-12-7-22-9-23-12)24-19(29)16(21)11(3)4/h7,9-11,13-16,32H,5-6,8,21H2,1-4H3,(H,22,23)(H,24,29)(H,25,28)(H,26,27)(H,30,31). The summed E-state index contributed by atoms with van der Waals surface area (Å²) in [6, 6.07) is -4.04. The van der Waals surface area contributed by atoms with Gasteiger partial charge < -0.3 is 31.8 Å². The van der Waals surface area contributed by atoms with Crippen molar-refractivity contribution in [1.82, 2.24) is 25.9 Å². The minimum atomic E-state index is -1.16. The molecular weight excluding hydrogens is 436 g/mol. The molecule has 32 heavy (non-hydrogen) atoms. The normalized spacial score (nSPS) is 15.0. The van der Waals surface area contributed by atoms with Crippen molar-refractivity contribution in [2.75, 3.05) is 5.75 Å². The number of carboxylic acid groups (broad SMARTS) is 1. The highest BCUT2D eigenvalue weighted by molar-refractivity contribution is 7.80. The molecule has 11 nitrogen and oxygen atoms in total. The van der Waals surface area contributed by atoms with Crippen LogP contribution in [0.2, 0.25) is 0 Å². The van der Waals surface area contributed by atoms with Crippen LogP contribution in [0.15, 0.2) is 12.5 Å². The van der Waals surface area contributed by atoms with Crippen LogP contribution < -0.4 is 21.7 Å². The summed E-state index contributed by atoms with van der Waals surface area (Å²) in [5, 5.41) is 16.9. The van der Waals surface area contributed by atoms with E-state index in [1.54, 1.807) is 13.8 Å². The Balaban J connectivity index is 2.93. The van der Waals surface area contributed by atoms with E-state index >= 15 is 0 Å². The Labute approximate surface area is 193 Å². The van der Waals surface area contributed by atoms with Gasteiger partial charge in [0.05, 0.1) is 12.4 Å². The second-order valence-electron chi connectivity index (χ2n) is 8.38. The zero-order valence-electron chi connectivity index (χ0n) is 18.8. The fourth-order valence-corrected chi connectivity index (χ4v) is 3.08. The van der Waals surface area contributed by atoms with Gasteiger partial charge in [-0.3, -0.25) is 14.4 Å². The van der Waals surface area contributed by atoms with Gasteiger partial charge in [-0.1, -0.05) is 27.7 Å². The van der Waals surface area contributed by atoms with E-state index in [-0.39, 0.29) is 30.4 Å². The number of carboxylic acids is 1. The second kappa shape index (κ2) is 13.1. The maximum atomic E-state index is 12.9. The summed E-state index contributed by atoms with van der Waals surface area (Å²) in [7, 11) is 0. The van der Waals surface area contributed by atoms with Crippen LogP contribution >= 0.6 is 12.6 Å². The number of carbonyl (C=O) groups excluding carboxylic acids is 3. The molecule has 0 aromatic carbocycles. The molecule has 180 valence electrons. The quantitative estimate of drug-likeness (QED) is 0.189. The number of rotatable bonds is 13. The molecule has 0 radical (unpaired) electrons. The summed E-state index contributed by atoms with van der Waals surface area (Å²) in [5.74, 6) is -3.14. The van der Waals surface area contributed by atoms with Gasteiger partial charge in [-0.05, 0) is 18.3 Å². The maximum Gasteiger partial charge on any atom is 0.326 e. The van der Waals surface area contributed by atoms with Gasteiger partial charge in [0.15, 0.2) is 0 Å². The number of imidazole rings is 1. The van der Waals surface area contributed by atoms with E-state index in [0.717, 1.165) is 0 Å². The van der Waals surface area contributed by atoms with Crippen LogP contribution in [0.4, 0.5) is 0 Å². The lowest BCUT2D eigenvalue weighted by Crippen LogP contribution is -2.58. The summed E-state index contributed by atoms with van der Waals surface area (Å²) in [6.07, 6.45) is 3.28. The largest absolute Gasteiger partial charge is 0.480 e. The smallest absolute Gasteiger partial charge is 0.326 e. The van der Waals surface area contributed by atoms with Crippen molar-refractivity contribution in [3.05, 3.63) is 18.2 Å². The average Bonchev–Trinajstić information content (AvgIpc) is 3.22. The van der Waals surface area contributed by atoms with E-state index in [1.807, 2.05) is 13.8 Å². The second-order valence-corrected chi connectivity index (χ2v) is 8.75. The Morgan fingerprint density at radius 1 is 1.03 bits per heavy atom. The molecule has 0 bridgehead atoms. The first kappa shape index (κ1) is 27.4. The van der Waals surface area contributed by atoms with E-state index in [1.165, 1.54) is 12.5 Å². The highest BCUT2D eigenvalue weighted by Gasteiger charge is 2.30. The first-order valence-corrected chi connectivity index (χ1v) is 11.1. The number of nitrogens with one attached hydrogen (secondary N) is 4. The summed E-state index contributed by atoms with van der Waals surface area (Å²) in [5.41, 5.74) is 6.48. The van der Waals surface area contributed by atoms with Crippen molar-refractivity contribution in [3.63, 3.8) is 0 Å². The molecule has 0 aliphatic carbocycles. The first-order valence-electron chi connectivity index (χ1n) is 10.4. The molecule has 4 atom stereocenters. The van der Waals surface area contributed by atoms with Gasteiger partial charge in [-0.15, -0.1) is 0 Å². The van der Waals surface area contributed by atoms with E-state index in [9.17, 15) is 24.3 Å². The zero-order chi connectivity index (χ0) is 24.4. The average molecular weight is 471 g/mol.